The molecule has 0 saturated carbocycles. The summed E-state index contributed by atoms with van der Waals surface area (Å²) in [6.07, 6.45) is 0. The average Bonchev–Trinajstić information content (AvgIpc) is 3.28. The highest BCUT2D eigenvalue weighted by molar-refractivity contribution is 6.22. The van der Waals surface area contributed by atoms with Gasteiger partial charge in [-0.3, -0.25) is 0 Å². The highest BCUT2D eigenvalue weighted by Gasteiger charge is 2.19. The van der Waals surface area contributed by atoms with E-state index < -0.39 is 0 Å². The van der Waals surface area contributed by atoms with E-state index in [1.807, 2.05) is 0 Å². The number of benzene rings is 11. The molecule has 0 heteroatoms. The van der Waals surface area contributed by atoms with Gasteiger partial charge < -0.3 is 0 Å². The molecule has 0 nitrogen and oxygen atoms in total. The first kappa shape index (κ1) is 32.2. The normalized spacial score (nSPS) is 11.6. The maximum Gasteiger partial charge on any atom is -0.00259 e. The van der Waals surface area contributed by atoms with Crippen LogP contribution in [0.15, 0.2) is 218 Å². The summed E-state index contributed by atoms with van der Waals surface area (Å²) in [6.45, 7) is 0. The van der Waals surface area contributed by atoms with Gasteiger partial charge >= 0.3 is 0 Å². The first-order chi connectivity index (χ1) is 27.8. The third-order valence-corrected chi connectivity index (χ3v) is 11.6. The second-order valence-electron chi connectivity index (χ2n) is 14.8. The molecule has 0 spiro atoms. The monoisotopic (exact) mass is 708 g/mol. The summed E-state index contributed by atoms with van der Waals surface area (Å²) in [5, 5.41) is 12.6. The van der Waals surface area contributed by atoms with Crippen LogP contribution in [-0.2, 0) is 0 Å². The van der Waals surface area contributed by atoms with Crippen molar-refractivity contribution in [2.24, 2.45) is 0 Å². The molecule has 56 heavy (non-hydrogen) atoms. The van der Waals surface area contributed by atoms with E-state index in [9.17, 15) is 0 Å². The Kier molecular flexibility index (Phi) is 7.60. The van der Waals surface area contributed by atoms with Gasteiger partial charge in [0, 0.05) is 0 Å². The minimum absolute atomic E-state index is 1.21. The molecule has 11 aromatic rings. The molecule has 0 atom stereocenters. The molecule has 0 heterocycles. The quantitative estimate of drug-likeness (QED) is 0.123. The van der Waals surface area contributed by atoms with Crippen LogP contribution < -0.4 is 0 Å². The molecule has 11 rings (SSSR count). The molecule has 11 aromatic carbocycles. The molecule has 0 saturated heterocycles. The molecular formula is C56H36. The number of hydrogen-bond acceptors (Lipinski definition) is 0. The van der Waals surface area contributed by atoms with Gasteiger partial charge in [0.05, 0.1) is 0 Å². The largest absolute Gasteiger partial charge is 0.0622 e. The van der Waals surface area contributed by atoms with Crippen molar-refractivity contribution in [2.45, 2.75) is 0 Å². The SMILES string of the molecule is c1ccc(-c2ccc3c(-c4cccc(-c5cc6ccccc6c6ccccc56)c4)c4ccccc4c(-c4cccc(-c5cccc6ccccc56)c4)c3c2)cc1. The Hall–Kier alpha value is -7.28. The molecule has 0 aliphatic rings. The van der Waals surface area contributed by atoms with Crippen LogP contribution in [-0.4, -0.2) is 0 Å². The molecule has 0 bridgehead atoms. The molecule has 0 unspecified atom stereocenters. The van der Waals surface area contributed by atoms with Crippen molar-refractivity contribution in [1.82, 2.24) is 0 Å². The fraction of sp³-hybridized carbons (Fsp3) is 0. The lowest BCUT2D eigenvalue weighted by atomic mass is 9.83. The topological polar surface area (TPSA) is 0 Å². The van der Waals surface area contributed by atoms with E-state index in [0.29, 0.717) is 0 Å². The minimum atomic E-state index is 1.21. The standard InChI is InChI=1S/C56H36/c1-2-15-37(16-3-1)39-31-32-52-54(35-39)56(44-23-12-20-40(33-44)46-30-14-19-38-17-4-6-24-45(38)46)51-29-11-10-28-50(51)55(52)43-22-13-21-41(34-43)53-36-42-18-5-7-25-47(42)48-26-8-9-27-49(48)53/h1-36H. The second-order valence-corrected chi connectivity index (χ2v) is 14.8. The summed E-state index contributed by atoms with van der Waals surface area (Å²) in [6, 6.07) is 80.4. The molecule has 0 aliphatic carbocycles. The molecule has 0 radical (unpaired) electrons. The van der Waals surface area contributed by atoms with E-state index in [2.05, 4.69) is 218 Å². The fourth-order valence-electron chi connectivity index (χ4n) is 9.07. The molecular weight excluding hydrogens is 673 g/mol. The first-order valence-electron chi connectivity index (χ1n) is 19.4. The van der Waals surface area contributed by atoms with Crippen molar-refractivity contribution in [1.29, 1.82) is 0 Å². The molecule has 0 N–H and O–H groups in total. The Labute approximate surface area is 326 Å². The summed E-state index contributed by atoms with van der Waals surface area (Å²) in [7, 11) is 0. The maximum absolute atomic E-state index is 2.42. The van der Waals surface area contributed by atoms with Crippen LogP contribution >= 0.6 is 0 Å². The molecule has 0 aliphatic heterocycles. The Morgan fingerprint density at radius 1 is 0.179 bits per heavy atom. The van der Waals surface area contributed by atoms with Gasteiger partial charge in [-0.15, -0.1) is 0 Å². The fourth-order valence-corrected chi connectivity index (χ4v) is 9.07. The third-order valence-electron chi connectivity index (χ3n) is 11.6. The zero-order chi connectivity index (χ0) is 37.0. The molecule has 0 amide bonds. The van der Waals surface area contributed by atoms with Crippen LogP contribution in [0.2, 0.25) is 0 Å². The number of rotatable bonds is 5. The Morgan fingerprint density at radius 2 is 0.661 bits per heavy atom. The van der Waals surface area contributed by atoms with Crippen molar-refractivity contribution >= 4 is 53.9 Å². The predicted octanol–water partition coefficient (Wildman–Crippen LogP) is 15.8. The van der Waals surface area contributed by atoms with Gasteiger partial charge in [-0.25, -0.2) is 0 Å². The minimum Gasteiger partial charge on any atom is -0.0622 e. The lowest BCUT2D eigenvalue weighted by molar-refractivity contribution is 1.61. The lowest BCUT2D eigenvalue weighted by Crippen LogP contribution is -1.93. The van der Waals surface area contributed by atoms with E-state index in [-0.39, 0.29) is 0 Å². The van der Waals surface area contributed by atoms with Crippen LogP contribution in [0.5, 0.6) is 0 Å². The summed E-state index contributed by atoms with van der Waals surface area (Å²) in [4.78, 5) is 0. The molecule has 0 fully saturated rings. The maximum atomic E-state index is 2.42. The highest BCUT2D eigenvalue weighted by atomic mass is 14.2. The Morgan fingerprint density at radius 3 is 1.39 bits per heavy atom. The summed E-state index contributed by atoms with van der Waals surface area (Å²) >= 11 is 0. The third kappa shape index (κ3) is 5.30. The second kappa shape index (κ2) is 13.2. The van der Waals surface area contributed by atoms with Crippen LogP contribution in [0.4, 0.5) is 0 Å². The van der Waals surface area contributed by atoms with Gasteiger partial charge in [0.1, 0.15) is 0 Å². The zero-order valence-corrected chi connectivity index (χ0v) is 30.8. The Balaban J connectivity index is 1.18. The van der Waals surface area contributed by atoms with Gasteiger partial charge in [0.15, 0.2) is 0 Å². The summed E-state index contributed by atoms with van der Waals surface area (Å²) in [5.74, 6) is 0. The molecule has 0 aromatic heterocycles. The van der Waals surface area contributed by atoms with Crippen molar-refractivity contribution in [3.05, 3.63) is 218 Å². The van der Waals surface area contributed by atoms with Gasteiger partial charge in [0.2, 0.25) is 0 Å². The van der Waals surface area contributed by atoms with Gasteiger partial charge in [-0.1, -0.05) is 194 Å². The average molecular weight is 709 g/mol. The van der Waals surface area contributed by atoms with Gasteiger partial charge in [0.25, 0.3) is 0 Å². The van der Waals surface area contributed by atoms with Crippen LogP contribution in [0.1, 0.15) is 0 Å². The van der Waals surface area contributed by atoms with E-state index >= 15 is 0 Å². The summed E-state index contributed by atoms with van der Waals surface area (Å²) < 4.78 is 0. The highest BCUT2D eigenvalue weighted by Crippen LogP contribution is 2.46. The smallest absolute Gasteiger partial charge is 0.00259 e. The Bertz CT molecular complexity index is 3290. The van der Waals surface area contributed by atoms with Gasteiger partial charge in [-0.2, -0.15) is 0 Å². The van der Waals surface area contributed by atoms with E-state index in [0.717, 1.165) is 0 Å². The first-order valence-corrected chi connectivity index (χ1v) is 19.4. The van der Waals surface area contributed by atoms with Crippen molar-refractivity contribution in [3.63, 3.8) is 0 Å². The van der Waals surface area contributed by atoms with Crippen molar-refractivity contribution in [3.8, 4) is 55.6 Å². The number of hydrogen-bond donors (Lipinski definition) is 0. The van der Waals surface area contributed by atoms with E-state index in [1.165, 1.54) is 109 Å². The van der Waals surface area contributed by atoms with E-state index in [4.69, 9.17) is 0 Å². The van der Waals surface area contributed by atoms with Crippen LogP contribution in [0.3, 0.4) is 0 Å². The van der Waals surface area contributed by atoms with Crippen LogP contribution in [0, 0.1) is 0 Å². The van der Waals surface area contributed by atoms with Crippen molar-refractivity contribution < 1.29 is 0 Å². The molecule has 260 valence electrons. The predicted molar refractivity (Wildman–Crippen MR) is 241 cm³/mol. The lowest BCUT2D eigenvalue weighted by Gasteiger charge is -2.20. The van der Waals surface area contributed by atoms with Gasteiger partial charge in [-0.05, 0) is 134 Å². The van der Waals surface area contributed by atoms with E-state index in [1.54, 1.807) is 0 Å². The number of fused-ring (bicyclic) bond motifs is 6. The summed E-state index contributed by atoms with van der Waals surface area (Å²) in [5.41, 5.74) is 12.3. The zero-order valence-electron chi connectivity index (χ0n) is 30.8. The van der Waals surface area contributed by atoms with Crippen LogP contribution in [0.25, 0.3) is 109 Å². The van der Waals surface area contributed by atoms with Crippen molar-refractivity contribution in [2.75, 3.05) is 0 Å².